The number of piperidine rings is 1. The molecule has 1 aromatic carbocycles. The van der Waals surface area contributed by atoms with Crippen LogP contribution in [0.25, 0.3) is 0 Å². The maximum atomic E-state index is 11.9. The Morgan fingerprint density at radius 2 is 2.19 bits per heavy atom. The molecule has 1 aliphatic rings. The summed E-state index contributed by atoms with van der Waals surface area (Å²) >= 11 is 5.97. The molecule has 16 heavy (non-hydrogen) atoms. The third-order valence-electron chi connectivity index (χ3n) is 2.76. The Morgan fingerprint density at radius 3 is 2.88 bits per heavy atom. The van der Waals surface area contributed by atoms with Gasteiger partial charge in [0.25, 0.3) is 0 Å². The molecule has 0 saturated carbocycles. The Morgan fingerprint density at radius 1 is 1.38 bits per heavy atom. The van der Waals surface area contributed by atoms with E-state index in [9.17, 15) is 4.79 Å². The van der Waals surface area contributed by atoms with Crippen LogP contribution in [0.1, 0.15) is 19.3 Å². The first-order valence-electron chi connectivity index (χ1n) is 5.56. The molecule has 86 valence electrons. The Hall–Kier alpha value is -1.06. The number of rotatable bonds is 2. The lowest BCUT2D eigenvalue weighted by molar-refractivity contribution is -0.118. The van der Waals surface area contributed by atoms with Crippen molar-refractivity contribution in [1.82, 2.24) is 5.32 Å². The van der Waals surface area contributed by atoms with Gasteiger partial charge in [0.2, 0.25) is 5.91 Å². The Balaban J connectivity index is 1.99. The van der Waals surface area contributed by atoms with Gasteiger partial charge in [-0.15, -0.1) is 0 Å². The number of benzene rings is 1. The fourth-order valence-electron chi connectivity index (χ4n) is 1.86. The lowest BCUT2D eigenvalue weighted by Crippen LogP contribution is -2.43. The number of halogens is 1. The summed E-state index contributed by atoms with van der Waals surface area (Å²) in [6.07, 6.45) is 3.15. The highest BCUT2D eigenvalue weighted by molar-refractivity contribution is 6.33. The minimum absolute atomic E-state index is 0.00722. The summed E-state index contributed by atoms with van der Waals surface area (Å²) in [5.74, 6) is 0.00722. The number of hydrogen-bond donors (Lipinski definition) is 2. The van der Waals surface area contributed by atoms with Crippen molar-refractivity contribution in [2.24, 2.45) is 0 Å². The highest BCUT2D eigenvalue weighted by atomic mass is 35.5. The van der Waals surface area contributed by atoms with Crippen LogP contribution in [0.3, 0.4) is 0 Å². The molecule has 0 aromatic heterocycles. The van der Waals surface area contributed by atoms with Crippen LogP contribution in [0.15, 0.2) is 24.3 Å². The molecule has 2 N–H and O–H groups in total. The molecule has 0 bridgehead atoms. The first kappa shape index (κ1) is 11.4. The average molecular weight is 239 g/mol. The first-order valence-corrected chi connectivity index (χ1v) is 5.94. The molecule has 1 aromatic rings. The summed E-state index contributed by atoms with van der Waals surface area (Å²) in [5, 5.41) is 6.63. The molecule has 0 aliphatic carbocycles. The van der Waals surface area contributed by atoms with Crippen molar-refractivity contribution < 1.29 is 4.79 Å². The van der Waals surface area contributed by atoms with Gasteiger partial charge in [-0.2, -0.15) is 0 Å². The molecule has 1 heterocycles. The van der Waals surface area contributed by atoms with Gasteiger partial charge in [0.05, 0.1) is 16.8 Å². The largest absolute Gasteiger partial charge is 0.323 e. The molecule has 1 amide bonds. The zero-order chi connectivity index (χ0) is 11.4. The van der Waals surface area contributed by atoms with Gasteiger partial charge in [-0.25, -0.2) is 0 Å². The number of amides is 1. The van der Waals surface area contributed by atoms with Gasteiger partial charge in [-0.3, -0.25) is 4.79 Å². The molecule has 0 radical (unpaired) electrons. The fourth-order valence-corrected chi connectivity index (χ4v) is 2.04. The van der Waals surface area contributed by atoms with E-state index in [1.54, 1.807) is 6.07 Å². The summed E-state index contributed by atoms with van der Waals surface area (Å²) in [5.41, 5.74) is 0.682. The van der Waals surface area contributed by atoms with Gasteiger partial charge < -0.3 is 10.6 Å². The maximum Gasteiger partial charge on any atom is 0.241 e. The highest BCUT2D eigenvalue weighted by Gasteiger charge is 2.20. The quantitative estimate of drug-likeness (QED) is 0.831. The highest BCUT2D eigenvalue weighted by Crippen LogP contribution is 2.21. The first-order chi connectivity index (χ1) is 7.77. The predicted molar refractivity (Wildman–Crippen MR) is 65.7 cm³/mol. The number of para-hydroxylation sites is 1. The Kier molecular flexibility index (Phi) is 3.80. The number of anilines is 1. The molecular formula is C12H15ClN2O. The fraction of sp³-hybridized carbons (Fsp3) is 0.417. The lowest BCUT2D eigenvalue weighted by atomic mass is 10.0. The van der Waals surface area contributed by atoms with E-state index in [1.165, 1.54) is 0 Å². The van der Waals surface area contributed by atoms with Gasteiger partial charge in [0.1, 0.15) is 0 Å². The van der Waals surface area contributed by atoms with E-state index < -0.39 is 0 Å². The van der Waals surface area contributed by atoms with Gasteiger partial charge in [0, 0.05) is 0 Å². The van der Waals surface area contributed by atoms with Crippen LogP contribution >= 0.6 is 11.6 Å². The van der Waals surface area contributed by atoms with Crippen molar-refractivity contribution in [3.8, 4) is 0 Å². The predicted octanol–water partition coefficient (Wildman–Crippen LogP) is 2.42. The maximum absolute atomic E-state index is 11.9. The molecule has 2 rings (SSSR count). The van der Waals surface area contributed by atoms with Crippen molar-refractivity contribution in [3.63, 3.8) is 0 Å². The van der Waals surface area contributed by atoms with Crippen molar-refractivity contribution in [2.45, 2.75) is 25.3 Å². The number of nitrogens with one attached hydrogen (secondary N) is 2. The van der Waals surface area contributed by atoms with Gasteiger partial charge >= 0.3 is 0 Å². The Bertz CT molecular complexity index is 375. The van der Waals surface area contributed by atoms with Crippen LogP contribution < -0.4 is 10.6 Å². The van der Waals surface area contributed by atoms with Crippen molar-refractivity contribution in [1.29, 1.82) is 0 Å². The van der Waals surface area contributed by atoms with Gasteiger partial charge in [-0.1, -0.05) is 30.2 Å². The SMILES string of the molecule is O=C(Nc1ccccc1Cl)C1CCCCN1. The molecule has 1 atom stereocenters. The van der Waals surface area contributed by atoms with Crippen LogP contribution in [-0.2, 0) is 4.79 Å². The molecule has 4 heteroatoms. The molecule has 1 aliphatic heterocycles. The third kappa shape index (κ3) is 2.74. The molecular weight excluding hydrogens is 224 g/mol. The summed E-state index contributed by atoms with van der Waals surface area (Å²) in [6, 6.07) is 7.20. The molecule has 1 fully saturated rings. The normalized spacial score (nSPS) is 20.4. The molecule has 0 spiro atoms. The van der Waals surface area contributed by atoms with E-state index in [1.807, 2.05) is 18.2 Å². The summed E-state index contributed by atoms with van der Waals surface area (Å²) in [4.78, 5) is 11.9. The minimum atomic E-state index is -0.0787. The van der Waals surface area contributed by atoms with E-state index >= 15 is 0 Å². The monoisotopic (exact) mass is 238 g/mol. The summed E-state index contributed by atoms with van der Waals surface area (Å²) in [7, 11) is 0. The zero-order valence-corrected chi connectivity index (χ0v) is 9.76. The molecule has 1 saturated heterocycles. The average Bonchev–Trinajstić information content (AvgIpc) is 2.33. The topological polar surface area (TPSA) is 41.1 Å². The van der Waals surface area contributed by atoms with Gasteiger partial charge in [-0.05, 0) is 31.5 Å². The standard InChI is InChI=1S/C12H15ClN2O/c13-9-5-1-2-6-10(9)15-12(16)11-7-3-4-8-14-11/h1-2,5-6,11,14H,3-4,7-8H2,(H,15,16). The van der Waals surface area contributed by atoms with Crippen LogP contribution in [-0.4, -0.2) is 18.5 Å². The van der Waals surface area contributed by atoms with Crippen LogP contribution in [0, 0.1) is 0 Å². The summed E-state index contributed by atoms with van der Waals surface area (Å²) in [6.45, 7) is 0.917. The van der Waals surface area contributed by atoms with E-state index in [0.29, 0.717) is 10.7 Å². The summed E-state index contributed by atoms with van der Waals surface area (Å²) < 4.78 is 0. The van der Waals surface area contributed by atoms with Crippen LogP contribution in [0.4, 0.5) is 5.69 Å². The van der Waals surface area contributed by atoms with Crippen molar-refractivity contribution >= 4 is 23.2 Å². The number of carbonyl (C=O) groups excluding carboxylic acids is 1. The van der Waals surface area contributed by atoms with Crippen molar-refractivity contribution in [3.05, 3.63) is 29.3 Å². The second-order valence-corrected chi connectivity index (χ2v) is 4.38. The Labute approximate surface area is 100 Å². The van der Waals surface area contributed by atoms with E-state index in [-0.39, 0.29) is 11.9 Å². The van der Waals surface area contributed by atoms with E-state index in [0.717, 1.165) is 25.8 Å². The minimum Gasteiger partial charge on any atom is -0.323 e. The van der Waals surface area contributed by atoms with E-state index in [4.69, 9.17) is 11.6 Å². The van der Waals surface area contributed by atoms with Crippen LogP contribution in [0.2, 0.25) is 5.02 Å². The second kappa shape index (κ2) is 5.32. The molecule has 1 unspecified atom stereocenters. The zero-order valence-electron chi connectivity index (χ0n) is 9.00. The third-order valence-corrected chi connectivity index (χ3v) is 3.09. The molecule has 3 nitrogen and oxygen atoms in total. The second-order valence-electron chi connectivity index (χ2n) is 3.97. The van der Waals surface area contributed by atoms with E-state index in [2.05, 4.69) is 10.6 Å². The number of hydrogen-bond acceptors (Lipinski definition) is 2. The van der Waals surface area contributed by atoms with Crippen LogP contribution in [0.5, 0.6) is 0 Å². The number of carbonyl (C=O) groups is 1. The lowest BCUT2D eigenvalue weighted by Gasteiger charge is -2.22. The van der Waals surface area contributed by atoms with Gasteiger partial charge in [0.15, 0.2) is 0 Å². The van der Waals surface area contributed by atoms with Crippen molar-refractivity contribution in [2.75, 3.05) is 11.9 Å². The smallest absolute Gasteiger partial charge is 0.241 e.